The molecule has 1 unspecified atom stereocenters. The third kappa shape index (κ3) is 18.4. The van der Waals surface area contributed by atoms with Crippen molar-refractivity contribution < 1.29 is 9.59 Å². The highest BCUT2D eigenvalue weighted by Crippen LogP contribution is 2.13. The Morgan fingerprint density at radius 3 is 1.75 bits per heavy atom. The zero-order chi connectivity index (χ0) is 20.9. The third-order valence-electron chi connectivity index (χ3n) is 5.32. The first-order valence-corrected chi connectivity index (χ1v) is 11.8. The van der Waals surface area contributed by atoms with Gasteiger partial charge >= 0.3 is 0 Å². The van der Waals surface area contributed by atoms with Crippen molar-refractivity contribution in [2.75, 3.05) is 13.2 Å². The molecule has 1 atom stereocenters. The maximum Gasteiger partial charge on any atom is 0.220 e. The molecule has 0 aromatic rings. The van der Waals surface area contributed by atoms with Gasteiger partial charge in [-0.2, -0.15) is 0 Å². The van der Waals surface area contributed by atoms with Crippen molar-refractivity contribution >= 4 is 11.7 Å². The lowest BCUT2D eigenvalue weighted by atomic mass is 10.0. The number of ketones is 1. The minimum atomic E-state index is -0.353. The van der Waals surface area contributed by atoms with Gasteiger partial charge in [-0.05, 0) is 32.7 Å². The van der Waals surface area contributed by atoms with E-state index in [4.69, 9.17) is 5.73 Å². The fourth-order valence-electron chi connectivity index (χ4n) is 3.48. The van der Waals surface area contributed by atoms with Crippen molar-refractivity contribution in [2.45, 2.75) is 123 Å². The second-order valence-electron chi connectivity index (χ2n) is 8.07. The summed E-state index contributed by atoms with van der Waals surface area (Å²) >= 11 is 0. The van der Waals surface area contributed by atoms with Gasteiger partial charge in [-0.25, -0.2) is 0 Å². The monoisotopic (exact) mass is 397 g/mol. The van der Waals surface area contributed by atoms with Gasteiger partial charge in [0, 0.05) is 13.1 Å². The fourth-order valence-corrected chi connectivity index (χ4v) is 3.48. The average molecular weight is 398 g/mol. The standard InChI is InChI=1S/C23H47N3O2/c1-3-4-5-6-7-8-9-10-11-12-13-14-15-18-23(28)26-22(21(2)27)17-16-19-25-20-24/h22,25H,3-20,24H2,1-2H3,(H,26,28). The molecular weight excluding hydrogens is 350 g/mol. The summed E-state index contributed by atoms with van der Waals surface area (Å²) in [4.78, 5) is 23.7. The smallest absolute Gasteiger partial charge is 0.220 e. The number of Topliss-reactive ketones (excluding diaryl/α,β-unsaturated/α-hetero) is 1. The van der Waals surface area contributed by atoms with Crippen LogP contribution in [0.25, 0.3) is 0 Å². The summed E-state index contributed by atoms with van der Waals surface area (Å²) in [5.41, 5.74) is 5.38. The van der Waals surface area contributed by atoms with Gasteiger partial charge < -0.3 is 16.4 Å². The third-order valence-corrected chi connectivity index (χ3v) is 5.32. The highest BCUT2D eigenvalue weighted by atomic mass is 16.2. The topological polar surface area (TPSA) is 84.2 Å². The lowest BCUT2D eigenvalue weighted by molar-refractivity contribution is -0.127. The summed E-state index contributed by atoms with van der Waals surface area (Å²) in [7, 11) is 0. The maximum absolute atomic E-state index is 12.0. The van der Waals surface area contributed by atoms with Crippen LogP contribution >= 0.6 is 0 Å². The number of hydrogen-bond donors (Lipinski definition) is 3. The molecule has 166 valence electrons. The zero-order valence-corrected chi connectivity index (χ0v) is 18.7. The molecule has 5 nitrogen and oxygen atoms in total. The molecule has 0 heterocycles. The molecule has 0 saturated carbocycles. The van der Waals surface area contributed by atoms with Gasteiger partial charge in [-0.3, -0.25) is 9.59 Å². The molecule has 0 aliphatic rings. The van der Waals surface area contributed by atoms with Crippen molar-refractivity contribution in [1.29, 1.82) is 0 Å². The molecule has 0 aromatic heterocycles. The molecule has 0 rings (SSSR count). The summed E-state index contributed by atoms with van der Waals surface area (Å²) in [6.07, 6.45) is 18.9. The van der Waals surface area contributed by atoms with E-state index in [1.165, 1.54) is 70.6 Å². The van der Waals surface area contributed by atoms with Crippen LogP contribution in [0.5, 0.6) is 0 Å². The van der Waals surface area contributed by atoms with Crippen molar-refractivity contribution in [1.82, 2.24) is 10.6 Å². The van der Waals surface area contributed by atoms with Crippen LogP contribution in [0.3, 0.4) is 0 Å². The number of rotatable bonds is 21. The SMILES string of the molecule is CCCCCCCCCCCCCCCC(=O)NC(CCCNCN)C(C)=O. The zero-order valence-electron chi connectivity index (χ0n) is 18.7. The number of carbonyl (C=O) groups excluding carboxylic acids is 2. The van der Waals surface area contributed by atoms with E-state index in [2.05, 4.69) is 17.6 Å². The van der Waals surface area contributed by atoms with E-state index >= 15 is 0 Å². The van der Waals surface area contributed by atoms with E-state index in [-0.39, 0.29) is 17.7 Å². The van der Waals surface area contributed by atoms with Crippen molar-refractivity contribution in [3.63, 3.8) is 0 Å². The molecule has 0 fully saturated rings. The minimum absolute atomic E-state index is 0.00931. The van der Waals surface area contributed by atoms with Gasteiger partial charge in [0.05, 0.1) is 6.04 Å². The molecule has 0 saturated heterocycles. The highest BCUT2D eigenvalue weighted by molar-refractivity contribution is 5.87. The van der Waals surface area contributed by atoms with Gasteiger partial charge in [0.1, 0.15) is 0 Å². The molecule has 0 aliphatic carbocycles. The number of nitrogens with one attached hydrogen (secondary N) is 2. The van der Waals surface area contributed by atoms with Crippen LogP contribution in [0.1, 0.15) is 117 Å². The first-order chi connectivity index (χ1) is 13.6. The van der Waals surface area contributed by atoms with Crippen molar-refractivity contribution in [2.24, 2.45) is 5.73 Å². The molecule has 0 aliphatic heterocycles. The second-order valence-corrected chi connectivity index (χ2v) is 8.07. The average Bonchev–Trinajstić information content (AvgIpc) is 2.67. The lowest BCUT2D eigenvalue weighted by Crippen LogP contribution is -2.40. The maximum atomic E-state index is 12.0. The Labute approximate surface area is 174 Å². The van der Waals surface area contributed by atoms with Crippen LogP contribution in [-0.4, -0.2) is 30.9 Å². The number of amides is 1. The van der Waals surface area contributed by atoms with Crippen LogP contribution in [0.2, 0.25) is 0 Å². The Morgan fingerprint density at radius 2 is 1.29 bits per heavy atom. The van der Waals surface area contributed by atoms with E-state index in [0.717, 1.165) is 25.8 Å². The largest absolute Gasteiger partial charge is 0.346 e. The summed E-state index contributed by atoms with van der Waals surface area (Å²) in [6.45, 7) is 5.02. The second kappa shape index (κ2) is 20.8. The molecule has 4 N–H and O–H groups in total. The summed E-state index contributed by atoms with van der Waals surface area (Å²) in [5, 5.41) is 5.92. The molecule has 0 bridgehead atoms. The van der Waals surface area contributed by atoms with Gasteiger partial charge in [0.25, 0.3) is 0 Å². The van der Waals surface area contributed by atoms with Crippen LogP contribution in [0.15, 0.2) is 0 Å². The van der Waals surface area contributed by atoms with Crippen LogP contribution in [-0.2, 0) is 9.59 Å². The fraction of sp³-hybridized carbons (Fsp3) is 0.913. The van der Waals surface area contributed by atoms with E-state index in [9.17, 15) is 9.59 Å². The van der Waals surface area contributed by atoms with Crippen LogP contribution in [0, 0.1) is 0 Å². The molecule has 0 spiro atoms. The Bertz CT molecular complexity index is 375. The highest BCUT2D eigenvalue weighted by Gasteiger charge is 2.16. The minimum Gasteiger partial charge on any atom is -0.346 e. The number of nitrogens with two attached hydrogens (primary N) is 1. The van der Waals surface area contributed by atoms with Gasteiger partial charge in [-0.1, -0.05) is 84.0 Å². The first-order valence-electron chi connectivity index (χ1n) is 11.8. The number of unbranched alkanes of at least 4 members (excludes halogenated alkanes) is 12. The summed E-state index contributed by atoms with van der Waals surface area (Å²) in [5.74, 6) is 0.0431. The lowest BCUT2D eigenvalue weighted by Gasteiger charge is -2.16. The van der Waals surface area contributed by atoms with Crippen LogP contribution < -0.4 is 16.4 Å². The quantitative estimate of drug-likeness (QED) is 0.191. The normalized spacial score (nSPS) is 12.1. The Kier molecular flexibility index (Phi) is 20.1. The predicted octanol–water partition coefficient (Wildman–Crippen LogP) is 4.83. The summed E-state index contributed by atoms with van der Waals surface area (Å²) in [6, 6.07) is -0.353. The van der Waals surface area contributed by atoms with E-state index in [0.29, 0.717) is 19.5 Å². The molecule has 5 heteroatoms. The Hall–Kier alpha value is -0.940. The predicted molar refractivity (Wildman–Crippen MR) is 119 cm³/mol. The van der Waals surface area contributed by atoms with Crippen molar-refractivity contribution in [3.8, 4) is 0 Å². The Balaban J connectivity index is 3.51. The van der Waals surface area contributed by atoms with E-state index < -0.39 is 0 Å². The van der Waals surface area contributed by atoms with Gasteiger partial charge in [-0.15, -0.1) is 0 Å². The van der Waals surface area contributed by atoms with E-state index in [1.807, 2.05) is 0 Å². The van der Waals surface area contributed by atoms with Gasteiger partial charge in [0.15, 0.2) is 5.78 Å². The van der Waals surface area contributed by atoms with Crippen LogP contribution in [0.4, 0.5) is 0 Å². The Morgan fingerprint density at radius 1 is 0.786 bits per heavy atom. The molecule has 0 radical (unpaired) electrons. The molecule has 0 aromatic carbocycles. The van der Waals surface area contributed by atoms with Crippen molar-refractivity contribution in [3.05, 3.63) is 0 Å². The molecule has 1 amide bonds. The number of carbonyl (C=O) groups is 2. The molecular formula is C23H47N3O2. The van der Waals surface area contributed by atoms with E-state index in [1.54, 1.807) is 6.92 Å². The summed E-state index contributed by atoms with van der Waals surface area (Å²) < 4.78 is 0. The van der Waals surface area contributed by atoms with Gasteiger partial charge in [0.2, 0.25) is 5.91 Å². The molecule has 28 heavy (non-hydrogen) atoms. The number of hydrogen-bond acceptors (Lipinski definition) is 4. The first kappa shape index (κ1) is 27.1.